The predicted octanol–water partition coefficient (Wildman–Crippen LogP) is 4.56. The summed E-state index contributed by atoms with van der Waals surface area (Å²) >= 11 is 1.87. The monoisotopic (exact) mass is 271 g/mol. The number of benzene rings is 2. The molecule has 0 fully saturated rings. The lowest BCUT2D eigenvalue weighted by Crippen LogP contribution is -2.00. The van der Waals surface area contributed by atoms with E-state index in [0.717, 1.165) is 5.75 Å². The van der Waals surface area contributed by atoms with Gasteiger partial charge in [-0.1, -0.05) is 50.2 Å². The van der Waals surface area contributed by atoms with Gasteiger partial charge in [0.05, 0.1) is 0 Å². The minimum Gasteiger partial charge on any atom is -0.326 e. The highest BCUT2D eigenvalue weighted by Crippen LogP contribution is 2.26. The van der Waals surface area contributed by atoms with Crippen LogP contribution in [0.25, 0.3) is 0 Å². The molecule has 0 saturated heterocycles. The SMILES string of the molecule is CC(C)c1ccc(SCc2ccccc2CN)cc1. The minimum atomic E-state index is 0.594. The van der Waals surface area contributed by atoms with E-state index in [1.807, 2.05) is 17.8 Å². The average molecular weight is 271 g/mol. The third kappa shape index (κ3) is 3.85. The van der Waals surface area contributed by atoms with Crippen molar-refractivity contribution < 1.29 is 0 Å². The molecule has 0 aromatic heterocycles. The molecule has 0 saturated carbocycles. The summed E-state index contributed by atoms with van der Waals surface area (Å²) in [7, 11) is 0. The molecule has 0 aliphatic carbocycles. The van der Waals surface area contributed by atoms with Gasteiger partial charge in [0.1, 0.15) is 0 Å². The molecule has 2 rings (SSSR count). The summed E-state index contributed by atoms with van der Waals surface area (Å²) in [5.41, 5.74) is 9.74. The van der Waals surface area contributed by atoms with Crippen LogP contribution in [0.3, 0.4) is 0 Å². The highest BCUT2D eigenvalue weighted by molar-refractivity contribution is 7.98. The van der Waals surface area contributed by atoms with Crippen molar-refractivity contribution in [3.63, 3.8) is 0 Å². The molecule has 19 heavy (non-hydrogen) atoms. The van der Waals surface area contributed by atoms with Crippen molar-refractivity contribution in [2.45, 2.75) is 37.0 Å². The topological polar surface area (TPSA) is 26.0 Å². The van der Waals surface area contributed by atoms with Crippen LogP contribution in [0.1, 0.15) is 36.5 Å². The second-order valence-electron chi connectivity index (χ2n) is 4.99. The smallest absolute Gasteiger partial charge is 0.0235 e. The summed E-state index contributed by atoms with van der Waals surface area (Å²) in [5, 5.41) is 0. The first-order valence-corrected chi connectivity index (χ1v) is 7.69. The van der Waals surface area contributed by atoms with Gasteiger partial charge in [-0.2, -0.15) is 0 Å². The van der Waals surface area contributed by atoms with Gasteiger partial charge in [-0.05, 0) is 34.7 Å². The molecular formula is C17H21NS. The molecule has 0 atom stereocenters. The van der Waals surface area contributed by atoms with Crippen molar-refractivity contribution >= 4 is 11.8 Å². The highest BCUT2D eigenvalue weighted by atomic mass is 32.2. The first kappa shape index (κ1) is 14.2. The summed E-state index contributed by atoms with van der Waals surface area (Å²) in [4.78, 5) is 1.32. The molecule has 2 heteroatoms. The van der Waals surface area contributed by atoms with Crippen molar-refractivity contribution in [2.75, 3.05) is 0 Å². The van der Waals surface area contributed by atoms with Crippen molar-refractivity contribution in [2.24, 2.45) is 5.73 Å². The number of hydrogen-bond acceptors (Lipinski definition) is 2. The largest absolute Gasteiger partial charge is 0.326 e. The fraction of sp³-hybridized carbons (Fsp3) is 0.294. The van der Waals surface area contributed by atoms with Crippen LogP contribution in [0.5, 0.6) is 0 Å². The van der Waals surface area contributed by atoms with E-state index in [-0.39, 0.29) is 0 Å². The van der Waals surface area contributed by atoms with Crippen molar-refractivity contribution in [1.82, 2.24) is 0 Å². The van der Waals surface area contributed by atoms with E-state index in [4.69, 9.17) is 5.73 Å². The van der Waals surface area contributed by atoms with Gasteiger partial charge in [0.2, 0.25) is 0 Å². The van der Waals surface area contributed by atoms with Crippen LogP contribution in [-0.2, 0) is 12.3 Å². The fourth-order valence-electron chi connectivity index (χ4n) is 2.01. The van der Waals surface area contributed by atoms with E-state index in [9.17, 15) is 0 Å². The summed E-state index contributed by atoms with van der Waals surface area (Å²) in [6.07, 6.45) is 0. The van der Waals surface area contributed by atoms with Crippen LogP contribution in [0.2, 0.25) is 0 Å². The molecule has 0 unspecified atom stereocenters. The van der Waals surface area contributed by atoms with E-state index in [1.165, 1.54) is 21.6 Å². The quantitative estimate of drug-likeness (QED) is 0.807. The zero-order chi connectivity index (χ0) is 13.7. The Labute approximate surface area is 120 Å². The standard InChI is InChI=1S/C17H21NS/c1-13(2)14-7-9-17(10-8-14)19-12-16-6-4-3-5-15(16)11-18/h3-10,13H,11-12,18H2,1-2H3. The second kappa shape index (κ2) is 6.78. The lowest BCUT2D eigenvalue weighted by molar-refractivity contribution is 0.865. The predicted molar refractivity (Wildman–Crippen MR) is 84.4 cm³/mol. The molecule has 1 nitrogen and oxygen atoms in total. The fourth-order valence-corrected chi connectivity index (χ4v) is 2.94. The zero-order valence-corrected chi connectivity index (χ0v) is 12.4. The summed E-state index contributed by atoms with van der Waals surface area (Å²) in [6.45, 7) is 5.06. The van der Waals surface area contributed by atoms with Crippen molar-refractivity contribution in [3.8, 4) is 0 Å². The summed E-state index contributed by atoms with van der Waals surface area (Å²) < 4.78 is 0. The first-order chi connectivity index (χ1) is 9.20. The molecular weight excluding hydrogens is 250 g/mol. The molecule has 2 aromatic carbocycles. The summed E-state index contributed by atoms with van der Waals surface area (Å²) in [6, 6.07) is 17.3. The van der Waals surface area contributed by atoms with E-state index in [1.54, 1.807) is 0 Å². The van der Waals surface area contributed by atoms with Gasteiger partial charge in [-0.25, -0.2) is 0 Å². The second-order valence-corrected chi connectivity index (χ2v) is 6.03. The molecule has 2 N–H and O–H groups in total. The Bertz CT molecular complexity index is 517. The molecule has 0 aliphatic heterocycles. The molecule has 0 radical (unpaired) electrons. The summed E-state index contributed by atoms with van der Waals surface area (Å²) in [5.74, 6) is 1.58. The van der Waals surface area contributed by atoms with Crippen LogP contribution in [-0.4, -0.2) is 0 Å². The van der Waals surface area contributed by atoms with E-state index < -0.39 is 0 Å². The maximum absolute atomic E-state index is 5.76. The molecule has 100 valence electrons. The Morgan fingerprint density at radius 3 is 2.16 bits per heavy atom. The van der Waals surface area contributed by atoms with Gasteiger partial charge >= 0.3 is 0 Å². The molecule has 0 amide bonds. The zero-order valence-electron chi connectivity index (χ0n) is 11.6. The van der Waals surface area contributed by atoms with Gasteiger partial charge in [0.25, 0.3) is 0 Å². The highest BCUT2D eigenvalue weighted by Gasteiger charge is 2.02. The molecule has 0 aliphatic rings. The van der Waals surface area contributed by atoms with Crippen molar-refractivity contribution in [3.05, 3.63) is 65.2 Å². The maximum atomic E-state index is 5.76. The lowest BCUT2D eigenvalue weighted by atomic mass is 10.0. The Kier molecular flexibility index (Phi) is 5.06. The van der Waals surface area contributed by atoms with Gasteiger partial charge in [-0.3, -0.25) is 0 Å². The van der Waals surface area contributed by atoms with Crippen LogP contribution >= 0.6 is 11.8 Å². The minimum absolute atomic E-state index is 0.594. The van der Waals surface area contributed by atoms with Gasteiger partial charge in [-0.15, -0.1) is 11.8 Å². The molecule has 0 spiro atoms. The Balaban J connectivity index is 2.02. The third-order valence-corrected chi connectivity index (χ3v) is 4.34. The molecule has 0 bridgehead atoms. The van der Waals surface area contributed by atoms with Gasteiger partial charge in [0, 0.05) is 17.2 Å². The van der Waals surface area contributed by atoms with Crippen LogP contribution in [0.15, 0.2) is 53.4 Å². The Morgan fingerprint density at radius 2 is 1.58 bits per heavy atom. The van der Waals surface area contributed by atoms with Crippen LogP contribution < -0.4 is 5.73 Å². The molecule has 0 heterocycles. The normalized spacial score (nSPS) is 10.9. The van der Waals surface area contributed by atoms with Gasteiger partial charge in [0.15, 0.2) is 0 Å². The maximum Gasteiger partial charge on any atom is 0.0235 e. The average Bonchev–Trinajstić information content (AvgIpc) is 2.45. The van der Waals surface area contributed by atoms with E-state index in [0.29, 0.717) is 12.5 Å². The van der Waals surface area contributed by atoms with Crippen LogP contribution in [0, 0.1) is 0 Å². The lowest BCUT2D eigenvalue weighted by Gasteiger charge is -2.09. The Hall–Kier alpha value is -1.25. The van der Waals surface area contributed by atoms with Crippen molar-refractivity contribution in [1.29, 1.82) is 0 Å². The number of hydrogen-bond donors (Lipinski definition) is 1. The first-order valence-electron chi connectivity index (χ1n) is 6.70. The Morgan fingerprint density at radius 1 is 0.947 bits per heavy atom. The molecule has 2 aromatic rings. The number of rotatable bonds is 5. The number of thioether (sulfide) groups is 1. The number of nitrogens with two attached hydrogens (primary N) is 1. The van der Waals surface area contributed by atoms with Gasteiger partial charge < -0.3 is 5.73 Å². The van der Waals surface area contributed by atoms with E-state index in [2.05, 4.69) is 56.3 Å². The third-order valence-electron chi connectivity index (χ3n) is 3.28. The van der Waals surface area contributed by atoms with Crippen LogP contribution in [0.4, 0.5) is 0 Å². The van der Waals surface area contributed by atoms with E-state index >= 15 is 0 Å².